The van der Waals surface area contributed by atoms with Crippen molar-refractivity contribution in [1.29, 1.82) is 0 Å². The van der Waals surface area contributed by atoms with Crippen LogP contribution in [0.2, 0.25) is 0 Å². The van der Waals surface area contributed by atoms with Crippen LogP contribution in [0.5, 0.6) is 0 Å². The lowest BCUT2D eigenvalue weighted by Gasteiger charge is -2.11. The molecule has 0 amide bonds. The summed E-state index contributed by atoms with van der Waals surface area (Å²) in [4.78, 5) is 15.6. The summed E-state index contributed by atoms with van der Waals surface area (Å²) in [5, 5.41) is 8.88. The molecule has 0 saturated carbocycles. The van der Waals surface area contributed by atoms with Gasteiger partial charge in [0.05, 0.1) is 0 Å². The molecule has 0 aliphatic carbocycles. The number of rotatable bonds is 4. The van der Waals surface area contributed by atoms with E-state index in [1.807, 2.05) is 72.8 Å². The fraction of sp³-hybridized carbons (Fsp3) is 0. The first-order valence-corrected chi connectivity index (χ1v) is 19.1. The Bertz CT molecular complexity index is 3510. The van der Waals surface area contributed by atoms with Gasteiger partial charge in [-0.05, 0) is 58.8 Å². The number of furan rings is 2. The number of fused-ring (bicyclic) bond motifs is 10. The van der Waals surface area contributed by atoms with Gasteiger partial charge in [-0.15, -0.1) is 11.3 Å². The van der Waals surface area contributed by atoms with E-state index in [-0.39, 0.29) is 0 Å². The molecule has 0 fully saturated rings. The summed E-state index contributed by atoms with van der Waals surface area (Å²) >= 11 is 1.79. The first kappa shape index (κ1) is 30.3. The number of aromatic nitrogens is 3. The molecule has 4 aromatic heterocycles. The molecule has 0 N–H and O–H groups in total. The van der Waals surface area contributed by atoms with Crippen LogP contribution in [-0.2, 0) is 0 Å². The lowest BCUT2D eigenvalue weighted by atomic mass is 9.92. The van der Waals surface area contributed by atoms with Crippen molar-refractivity contribution in [3.63, 3.8) is 0 Å². The Morgan fingerprint density at radius 3 is 1.78 bits per heavy atom. The predicted molar refractivity (Wildman–Crippen MR) is 227 cm³/mol. The van der Waals surface area contributed by atoms with Crippen LogP contribution < -0.4 is 0 Å². The molecule has 12 aromatic rings. The van der Waals surface area contributed by atoms with E-state index in [0.29, 0.717) is 17.5 Å². The fourth-order valence-corrected chi connectivity index (χ4v) is 9.43. The second-order valence-electron chi connectivity index (χ2n) is 13.9. The largest absolute Gasteiger partial charge is 0.456 e. The Balaban J connectivity index is 1.13. The van der Waals surface area contributed by atoms with Crippen molar-refractivity contribution in [2.45, 2.75) is 0 Å². The van der Waals surface area contributed by atoms with Crippen LogP contribution in [0.3, 0.4) is 0 Å². The SMILES string of the molecule is c1ccc(-c2nc(-c3cccc4oc5ccccc5c34)nc(-c3cccc4sc5ccc(-c6c7ccccc7cc7oc8ccccc8c67)cc5c34)n2)cc1. The molecule has 0 aliphatic heterocycles. The highest BCUT2D eigenvalue weighted by atomic mass is 32.1. The zero-order chi connectivity index (χ0) is 36.0. The third kappa shape index (κ3) is 4.62. The van der Waals surface area contributed by atoms with Gasteiger partial charge in [-0.25, -0.2) is 15.0 Å². The van der Waals surface area contributed by atoms with E-state index in [0.717, 1.165) is 82.3 Å². The van der Waals surface area contributed by atoms with Crippen molar-refractivity contribution >= 4 is 86.2 Å². The van der Waals surface area contributed by atoms with Gasteiger partial charge in [0, 0.05) is 64.0 Å². The van der Waals surface area contributed by atoms with Gasteiger partial charge in [-0.1, -0.05) is 121 Å². The van der Waals surface area contributed by atoms with Crippen LogP contribution in [0.4, 0.5) is 0 Å². The quantitative estimate of drug-likeness (QED) is 0.181. The normalized spacial score (nSPS) is 12.0. The van der Waals surface area contributed by atoms with E-state index in [4.69, 9.17) is 23.8 Å². The monoisotopic (exact) mass is 721 g/mol. The lowest BCUT2D eigenvalue weighted by molar-refractivity contribution is 0.669. The maximum absolute atomic E-state index is 6.46. The van der Waals surface area contributed by atoms with Crippen molar-refractivity contribution in [2.75, 3.05) is 0 Å². The molecule has 0 atom stereocenters. The van der Waals surface area contributed by atoms with E-state index in [2.05, 4.69) is 91.0 Å². The van der Waals surface area contributed by atoms with Crippen LogP contribution in [-0.4, -0.2) is 15.0 Å². The fourth-order valence-electron chi connectivity index (χ4n) is 8.31. The molecular weight excluding hydrogens is 695 g/mol. The van der Waals surface area contributed by atoms with E-state index in [1.165, 1.54) is 20.3 Å². The highest BCUT2D eigenvalue weighted by Gasteiger charge is 2.21. The third-order valence-corrected chi connectivity index (χ3v) is 11.9. The maximum Gasteiger partial charge on any atom is 0.164 e. The Labute approximate surface area is 317 Å². The summed E-state index contributed by atoms with van der Waals surface area (Å²) in [7, 11) is 0. The average Bonchev–Trinajstić information content (AvgIpc) is 3.94. The van der Waals surface area contributed by atoms with Crippen molar-refractivity contribution in [3.8, 4) is 45.3 Å². The highest BCUT2D eigenvalue weighted by molar-refractivity contribution is 7.26. The number of para-hydroxylation sites is 2. The summed E-state index contributed by atoms with van der Waals surface area (Å²) in [6.45, 7) is 0. The van der Waals surface area contributed by atoms with E-state index in [1.54, 1.807) is 11.3 Å². The third-order valence-electron chi connectivity index (χ3n) is 10.7. The van der Waals surface area contributed by atoms with Crippen molar-refractivity contribution < 1.29 is 8.83 Å². The van der Waals surface area contributed by atoms with Crippen LogP contribution in [0.15, 0.2) is 173 Å². The number of hydrogen-bond acceptors (Lipinski definition) is 6. The molecular formula is C49H27N3O2S. The minimum absolute atomic E-state index is 0.600. The van der Waals surface area contributed by atoms with Gasteiger partial charge in [-0.3, -0.25) is 0 Å². The number of benzene rings is 8. The minimum Gasteiger partial charge on any atom is -0.456 e. The summed E-state index contributed by atoms with van der Waals surface area (Å²) in [5.41, 5.74) is 8.50. The van der Waals surface area contributed by atoms with Gasteiger partial charge < -0.3 is 8.83 Å². The van der Waals surface area contributed by atoms with Gasteiger partial charge in [0.25, 0.3) is 0 Å². The lowest BCUT2D eigenvalue weighted by Crippen LogP contribution is -2.00. The average molecular weight is 722 g/mol. The van der Waals surface area contributed by atoms with Gasteiger partial charge in [0.15, 0.2) is 17.5 Å². The summed E-state index contributed by atoms with van der Waals surface area (Å²) in [6.07, 6.45) is 0. The maximum atomic E-state index is 6.46. The molecule has 0 unspecified atom stereocenters. The first-order chi connectivity index (χ1) is 27.2. The molecule has 256 valence electrons. The Kier molecular flexibility index (Phi) is 6.44. The molecule has 0 radical (unpaired) electrons. The van der Waals surface area contributed by atoms with Crippen molar-refractivity contribution in [3.05, 3.63) is 164 Å². The number of nitrogens with zero attached hydrogens (tertiary/aromatic N) is 3. The Morgan fingerprint density at radius 2 is 0.982 bits per heavy atom. The highest BCUT2D eigenvalue weighted by Crippen LogP contribution is 2.46. The second kappa shape index (κ2) is 11.7. The van der Waals surface area contributed by atoms with Crippen LogP contribution in [0.1, 0.15) is 0 Å². The zero-order valence-electron chi connectivity index (χ0n) is 29.2. The molecule has 55 heavy (non-hydrogen) atoms. The Hall–Kier alpha value is -7.15. The predicted octanol–water partition coefficient (Wildman–Crippen LogP) is 13.9. The molecule has 8 aromatic carbocycles. The molecule has 0 spiro atoms. The van der Waals surface area contributed by atoms with E-state index >= 15 is 0 Å². The van der Waals surface area contributed by atoms with E-state index in [9.17, 15) is 0 Å². The summed E-state index contributed by atoms with van der Waals surface area (Å²) < 4.78 is 15.1. The van der Waals surface area contributed by atoms with Gasteiger partial charge in [-0.2, -0.15) is 0 Å². The van der Waals surface area contributed by atoms with Crippen molar-refractivity contribution in [1.82, 2.24) is 15.0 Å². The van der Waals surface area contributed by atoms with Gasteiger partial charge >= 0.3 is 0 Å². The molecule has 0 bridgehead atoms. The number of thiophene rings is 1. The standard InChI is InChI=1S/C49H27N3O2S/c1-2-12-28(13-3-1)47-50-48(34-18-10-22-39-44(34)32-16-6-8-20-37(32)53-39)52-49(51-47)35-19-11-23-42-45(35)36-26-30(24-25-41(36)55-42)43-31-15-5-4-14-29(31)27-40-46(43)33-17-7-9-21-38(33)54-40/h1-27H. The molecule has 0 saturated heterocycles. The molecule has 4 heterocycles. The molecule has 5 nitrogen and oxygen atoms in total. The first-order valence-electron chi connectivity index (χ1n) is 18.3. The zero-order valence-corrected chi connectivity index (χ0v) is 30.0. The number of hydrogen-bond donors (Lipinski definition) is 0. The van der Waals surface area contributed by atoms with Crippen LogP contribution >= 0.6 is 11.3 Å². The molecule has 6 heteroatoms. The molecule has 12 rings (SSSR count). The van der Waals surface area contributed by atoms with Gasteiger partial charge in [0.2, 0.25) is 0 Å². The van der Waals surface area contributed by atoms with Crippen LogP contribution in [0.25, 0.3) is 120 Å². The summed E-state index contributed by atoms with van der Waals surface area (Å²) in [5.74, 6) is 1.84. The van der Waals surface area contributed by atoms with Crippen LogP contribution in [0, 0.1) is 0 Å². The smallest absolute Gasteiger partial charge is 0.164 e. The van der Waals surface area contributed by atoms with Gasteiger partial charge in [0.1, 0.15) is 22.3 Å². The molecule has 0 aliphatic rings. The second-order valence-corrected chi connectivity index (χ2v) is 15.0. The topological polar surface area (TPSA) is 65.0 Å². The van der Waals surface area contributed by atoms with Crippen molar-refractivity contribution in [2.24, 2.45) is 0 Å². The minimum atomic E-state index is 0.600. The Morgan fingerprint density at radius 1 is 0.364 bits per heavy atom. The van der Waals surface area contributed by atoms with E-state index < -0.39 is 0 Å². The summed E-state index contributed by atoms with van der Waals surface area (Å²) in [6, 6.07) is 56.7.